The molecule has 0 saturated heterocycles. The van der Waals surface area contributed by atoms with Gasteiger partial charge in [0.2, 0.25) is 0 Å². The van der Waals surface area contributed by atoms with E-state index in [4.69, 9.17) is 21.8 Å². The smallest absolute Gasteiger partial charge is 0.262 e. The molecule has 0 fully saturated rings. The Labute approximate surface area is 160 Å². The summed E-state index contributed by atoms with van der Waals surface area (Å²) in [5, 5.41) is 10.3. The maximum atomic E-state index is 13.2. The van der Waals surface area contributed by atoms with Crippen molar-refractivity contribution in [1.82, 2.24) is 9.55 Å². The molecule has 6 heteroatoms. The summed E-state index contributed by atoms with van der Waals surface area (Å²) in [4.78, 5) is 20.3. The van der Waals surface area contributed by atoms with E-state index in [-0.39, 0.29) is 5.56 Å². The fourth-order valence-electron chi connectivity index (χ4n) is 3.59. The number of fused-ring (bicyclic) bond motifs is 3. The third-order valence-corrected chi connectivity index (χ3v) is 6.29. The van der Waals surface area contributed by atoms with E-state index in [9.17, 15) is 4.79 Å². The highest BCUT2D eigenvalue weighted by Crippen LogP contribution is 2.35. The molecule has 0 spiro atoms. The maximum Gasteiger partial charge on any atom is 0.262 e. The lowest BCUT2D eigenvalue weighted by atomic mass is 10.1. The van der Waals surface area contributed by atoms with Crippen LogP contribution in [0.25, 0.3) is 10.2 Å². The van der Waals surface area contributed by atoms with Crippen molar-refractivity contribution < 1.29 is 0 Å². The van der Waals surface area contributed by atoms with Crippen molar-refractivity contribution in [3.63, 3.8) is 0 Å². The minimum atomic E-state index is 0.0521. The predicted molar refractivity (Wildman–Crippen MR) is 105 cm³/mol. The number of nitrogens with zero attached hydrogens (tertiary/aromatic N) is 3. The van der Waals surface area contributed by atoms with Crippen molar-refractivity contribution in [1.29, 1.82) is 5.26 Å². The van der Waals surface area contributed by atoms with Crippen LogP contribution >= 0.6 is 22.9 Å². The highest BCUT2D eigenvalue weighted by molar-refractivity contribution is 7.18. The minimum Gasteiger partial charge on any atom is -0.296 e. The Bertz CT molecular complexity index is 1060. The molecule has 4 rings (SSSR count). The first kappa shape index (κ1) is 17.3. The lowest BCUT2D eigenvalue weighted by Gasteiger charge is -2.12. The molecule has 0 aliphatic heterocycles. The molecule has 2 heterocycles. The van der Waals surface area contributed by atoms with Crippen LogP contribution in [0.2, 0.25) is 5.02 Å². The van der Waals surface area contributed by atoms with E-state index in [1.165, 1.54) is 10.4 Å². The Morgan fingerprint density at radius 1 is 1.27 bits per heavy atom. The highest BCUT2D eigenvalue weighted by atomic mass is 35.5. The van der Waals surface area contributed by atoms with E-state index in [2.05, 4.69) is 6.07 Å². The number of aromatic nitrogens is 2. The van der Waals surface area contributed by atoms with Gasteiger partial charge in [0.05, 0.1) is 11.5 Å². The van der Waals surface area contributed by atoms with E-state index < -0.39 is 0 Å². The molecule has 0 N–H and O–H groups in total. The van der Waals surface area contributed by atoms with Gasteiger partial charge in [0.25, 0.3) is 5.56 Å². The molecule has 1 aliphatic rings. The van der Waals surface area contributed by atoms with Gasteiger partial charge in [-0.2, -0.15) is 5.26 Å². The second-order valence-corrected chi connectivity index (χ2v) is 8.11. The Morgan fingerprint density at radius 3 is 2.85 bits per heavy atom. The molecule has 1 aromatic carbocycles. The van der Waals surface area contributed by atoms with Crippen LogP contribution in [0, 0.1) is 11.3 Å². The zero-order chi connectivity index (χ0) is 18.1. The van der Waals surface area contributed by atoms with Crippen LogP contribution in [0.5, 0.6) is 0 Å². The monoisotopic (exact) mass is 383 g/mol. The molecule has 2 aromatic heterocycles. The largest absolute Gasteiger partial charge is 0.296 e. The number of nitriles is 1. The quantitative estimate of drug-likeness (QED) is 0.609. The average Bonchev–Trinajstić information content (AvgIpc) is 3.20. The molecule has 4 nitrogen and oxygen atoms in total. The van der Waals surface area contributed by atoms with E-state index in [1.54, 1.807) is 15.9 Å². The Kier molecular flexibility index (Phi) is 4.80. The summed E-state index contributed by atoms with van der Waals surface area (Å²) in [5.41, 5.74) is 2.32. The van der Waals surface area contributed by atoms with Gasteiger partial charge in [0, 0.05) is 29.3 Å². The molecule has 0 saturated carbocycles. The molecule has 0 unspecified atom stereocenters. The molecule has 1 aliphatic carbocycles. The second kappa shape index (κ2) is 7.22. The van der Waals surface area contributed by atoms with Crippen molar-refractivity contribution in [3.05, 3.63) is 61.5 Å². The van der Waals surface area contributed by atoms with E-state index in [1.807, 2.05) is 24.3 Å². The van der Waals surface area contributed by atoms with Gasteiger partial charge in [-0.1, -0.05) is 23.7 Å². The van der Waals surface area contributed by atoms with Crippen molar-refractivity contribution in [2.75, 3.05) is 0 Å². The molecule has 0 bridgehead atoms. The van der Waals surface area contributed by atoms with Gasteiger partial charge in [-0.05, 0) is 48.9 Å². The molecular weight excluding hydrogens is 366 g/mol. The van der Waals surface area contributed by atoms with Crippen LogP contribution in [0.1, 0.15) is 41.1 Å². The summed E-state index contributed by atoms with van der Waals surface area (Å²) in [6, 6.07) is 9.80. The molecule has 3 aromatic rings. The zero-order valence-corrected chi connectivity index (χ0v) is 15.9. The lowest BCUT2D eigenvalue weighted by Crippen LogP contribution is -2.26. The molecule has 0 amide bonds. The highest BCUT2D eigenvalue weighted by Gasteiger charge is 2.23. The second-order valence-electron chi connectivity index (χ2n) is 6.59. The fraction of sp³-hybridized carbons (Fsp3) is 0.350. The summed E-state index contributed by atoms with van der Waals surface area (Å²) >= 11 is 7.64. The summed E-state index contributed by atoms with van der Waals surface area (Å²) in [6.07, 6.45) is 4.82. The minimum absolute atomic E-state index is 0.0521. The molecular formula is C20H18ClN3OS. The number of hydrogen-bond acceptors (Lipinski definition) is 4. The van der Waals surface area contributed by atoms with Gasteiger partial charge in [-0.15, -0.1) is 11.3 Å². The van der Waals surface area contributed by atoms with E-state index >= 15 is 0 Å². The van der Waals surface area contributed by atoms with Crippen molar-refractivity contribution in [3.8, 4) is 6.07 Å². The van der Waals surface area contributed by atoms with E-state index in [0.29, 0.717) is 30.8 Å². The predicted octanol–water partition coefficient (Wildman–Crippen LogP) is 4.49. The lowest BCUT2D eigenvalue weighted by molar-refractivity contribution is 0.597. The van der Waals surface area contributed by atoms with Gasteiger partial charge in [0.15, 0.2) is 0 Å². The fourth-order valence-corrected chi connectivity index (χ4v) is 4.98. The normalized spacial score (nSPS) is 13.1. The summed E-state index contributed by atoms with van der Waals surface area (Å²) < 4.78 is 1.78. The number of rotatable bonds is 5. The van der Waals surface area contributed by atoms with Crippen LogP contribution in [0.4, 0.5) is 0 Å². The summed E-state index contributed by atoms with van der Waals surface area (Å²) in [5.74, 6) is 0.766. The Balaban J connectivity index is 1.81. The van der Waals surface area contributed by atoms with Gasteiger partial charge < -0.3 is 0 Å². The number of unbranched alkanes of at least 4 members (excludes halogenated alkanes) is 1. The molecule has 26 heavy (non-hydrogen) atoms. The van der Waals surface area contributed by atoms with Crippen LogP contribution in [0.15, 0.2) is 29.1 Å². The number of benzene rings is 1. The standard InChI is InChI=1S/C20H18ClN3OS/c21-14-8-6-13(7-9-14)12-17-23-19-18(15-4-3-5-16(15)26-19)20(25)24(17)11-2-1-10-22/h6-9H,1-5,11-12H2. The first-order valence-corrected chi connectivity index (χ1v) is 10.0. The molecule has 0 atom stereocenters. The van der Waals surface area contributed by atoms with Crippen molar-refractivity contribution in [2.45, 2.75) is 45.1 Å². The molecule has 132 valence electrons. The Hall–Kier alpha value is -2.16. The van der Waals surface area contributed by atoms with Gasteiger partial charge >= 0.3 is 0 Å². The topological polar surface area (TPSA) is 58.7 Å². The van der Waals surface area contributed by atoms with Crippen molar-refractivity contribution in [2.24, 2.45) is 0 Å². The summed E-state index contributed by atoms with van der Waals surface area (Å²) in [7, 11) is 0. The SMILES string of the molecule is N#CCCCn1c(Cc2ccc(Cl)cc2)nc2sc3c(c2c1=O)CCC3. The van der Waals surface area contributed by atoms with Crippen LogP contribution in [0.3, 0.4) is 0 Å². The van der Waals surface area contributed by atoms with Gasteiger partial charge in [-0.3, -0.25) is 9.36 Å². The zero-order valence-electron chi connectivity index (χ0n) is 14.3. The third-order valence-electron chi connectivity index (χ3n) is 4.85. The number of halogens is 1. The number of thiophene rings is 1. The maximum absolute atomic E-state index is 13.2. The van der Waals surface area contributed by atoms with E-state index in [0.717, 1.165) is 40.9 Å². The third kappa shape index (κ3) is 3.15. The first-order valence-electron chi connectivity index (χ1n) is 8.82. The van der Waals surface area contributed by atoms with Crippen LogP contribution in [-0.4, -0.2) is 9.55 Å². The van der Waals surface area contributed by atoms with Gasteiger partial charge in [-0.25, -0.2) is 4.98 Å². The van der Waals surface area contributed by atoms with Gasteiger partial charge in [0.1, 0.15) is 10.7 Å². The summed E-state index contributed by atoms with van der Waals surface area (Å²) in [6.45, 7) is 0.531. The van der Waals surface area contributed by atoms with Crippen LogP contribution < -0.4 is 5.56 Å². The van der Waals surface area contributed by atoms with Crippen LogP contribution in [-0.2, 0) is 25.8 Å². The van der Waals surface area contributed by atoms with Crippen molar-refractivity contribution >= 4 is 33.2 Å². The first-order chi connectivity index (χ1) is 12.7. The number of hydrogen-bond donors (Lipinski definition) is 0. The molecule has 0 radical (unpaired) electrons. The number of aryl methyl sites for hydroxylation is 2. The average molecular weight is 384 g/mol. The Morgan fingerprint density at radius 2 is 2.08 bits per heavy atom.